The summed E-state index contributed by atoms with van der Waals surface area (Å²) in [6.45, 7) is 0.421. The highest BCUT2D eigenvalue weighted by Gasteiger charge is 2.02. The number of nitrogens with two attached hydrogens (primary N) is 1. The van der Waals surface area contributed by atoms with Gasteiger partial charge in [0.05, 0.1) is 25.5 Å². The fraction of sp³-hybridized carbons (Fsp3) is 0.182. The van der Waals surface area contributed by atoms with Gasteiger partial charge >= 0.3 is 0 Å². The number of imidazole rings is 1. The van der Waals surface area contributed by atoms with Gasteiger partial charge in [0.25, 0.3) is 0 Å². The third-order valence-corrected chi connectivity index (χ3v) is 2.20. The number of aromatic amines is 1. The maximum atomic E-state index is 5.48. The van der Waals surface area contributed by atoms with Gasteiger partial charge in [-0.1, -0.05) is 12.1 Å². The Bertz CT molecular complexity index is 451. The van der Waals surface area contributed by atoms with Gasteiger partial charge in [0, 0.05) is 5.56 Å². The SMILES string of the molecule is COc1cccc(-c2cnc(CN)[nH]2)c1. The van der Waals surface area contributed by atoms with Gasteiger partial charge in [0.15, 0.2) is 0 Å². The minimum atomic E-state index is 0.421. The Balaban J connectivity index is 2.35. The number of hydrogen-bond donors (Lipinski definition) is 2. The average Bonchev–Trinajstić information content (AvgIpc) is 2.78. The van der Waals surface area contributed by atoms with E-state index < -0.39 is 0 Å². The maximum absolute atomic E-state index is 5.48. The summed E-state index contributed by atoms with van der Waals surface area (Å²) in [5.74, 6) is 1.62. The van der Waals surface area contributed by atoms with E-state index in [9.17, 15) is 0 Å². The molecule has 0 bridgehead atoms. The van der Waals surface area contributed by atoms with Crippen LogP contribution in [0.2, 0.25) is 0 Å². The Morgan fingerprint density at radius 1 is 1.47 bits per heavy atom. The molecule has 0 spiro atoms. The van der Waals surface area contributed by atoms with Crippen LogP contribution in [-0.2, 0) is 6.54 Å². The van der Waals surface area contributed by atoms with Gasteiger partial charge in [0.1, 0.15) is 11.6 Å². The lowest BCUT2D eigenvalue weighted by molar-refractivity contribution is 0.415. The molecular formula is C11H13N3O. The minimum Gasteiger partial charge on any atom is -0.497 e. The highest BCUT2D eigenvalue weighted by atomic mass is 16.5. The van der Waals surface area contributed by atoms with Crippen LogP contribution in [0.15, 0.2) is 30.5 Å². The van der Waals surface area contributed by atoms with Crippen LogP contribution in [0.4, 0.5) is 0 Å². The van der Waals surface area contributed by atoms with Crippen molar-refractivity contribution in [2.75, 3.05) is 7.11 Å². The highest BCUT2D eigenvalue weighted by Crippen LogP contribution is 2.21. The fourth-order valence-electron chi connectivity index (χ4n) is 1.40. The fourth-order valence-corrected chi connectivity index (χ4v) is 1.40. The number of rotatable bonds is 3. The largest absolute Gasteiger partial charge is 0.497 e. The summed E-state index contributed by atoms with van der Waals surface area (Å²) in [5, 5.41) is 0. The van der Waals surface area contributed by atoms with E-state index >= 15 is 0 Å². The third kappa shape index (κ3) is 1.99. The molecule has 0 aliphatic rings. The second-order valence-corrected chi connectivity index (χ2v) is 3.18. The Kier molecular flexibility index (Phi) is 2.69. The lowest BCUT2D eigenvalue weighted by Gasteiger charge is -2.01. The summed E-state index contributed by atoms with van der Waals surface area (Å²) in [6.07, 6.45) is 1.77. The Hall–Kier alpha value is -1.81. The number of nitrogens with one attached hydrogen (secondary N) is 1. The van der Waals surface area contributed by atoms with Crippen molar-refractivity contribution in [2.24, 2.45) is 5.73 Å². The third-order valence-electron chi connectivity index (χ3n) is 2.20. The normalized spacial score (nSPS) is 10.3. The first kappa shape index (κ1) is 9.73. The molecular weight excluding hydrogens is 190 g/mol. The number of H-pyrrole nitrogens is 1. The summed E-state index contributed by atoms with van der Waals surface area (Å²) in [6, 6.07) is 7.80. The van der Waals surface area contributed by atoms with Gasteiger partial charge in [-0.3, -0.25) is 0 Å². The van der Waals surface area contributed by atoms with E-state index in [0.717, 1.165) is 22.8 Å². The van der Waals surface area contributed by atoms with Gasteiger partial charge in [-0.25, -0.2) is 4.98 Å². The first-order valence-corrected chi connectivity index (χ1v) is 4.72. The predicted octanol–water partition coefficient (Wildman–Crippen LogP) is 1.54. The molecule has 15 heavy (non-hydrogen) atoms. The van der Waals surface area contributed by atoms with E-state index in [0.29, 0.717) is 6.54 Å². The van der Waals surface area contributed by atoms with Crippen molar-refractivity contribution in [2.45, 2.75) is 6.54 Å². The molecule has 78 valence electrons. The molecule has 2 aromatic rings. The molecule has 0 saturated heterocycles. The zero-order chi connectivity index (χ0) is 10.7. The molecule has 0 unspecified atom stereocenters. The van der Waals surface area contributed by atoms with Crippen molar-refractivity contribution in [1.29, 1.82) is 0 Å². The molecule has 2 rings (SSSR count). The van der Waals surface area contributed by atoms with Gasteiger partial charge in [-0.2, -0.15) is 0 Å². The number of hydrogen-bond acceptors (Lipinski definition) is 3. The zero-order valence-corrected chi connectivity index (χ0v) is 8.53. The lowest BCUT2D eigenvalue weighted by atomic mass is 10.1. The Morgan fingerprint density at radius 3 is 3.00 bits per heavy atom. The first-order valence-electron chi connectivity index (χ1n) is 4.72. The van der Waals surface area contributed by atoms with E-state index in [1.165, 1.54) is 0 Å². The van der Waals surface area contributed by atoms with Crippen molar-refractivity contribution >= 4 is 0 Å². The molecule has 3 N–H and O–H groups in total. The monoisotopic (exact) mass is 203 g/mol. The Morgan fingerprint density at radius 2 is 2.33 bits per heavy atom. The first-order chi connectivity index (χ1) is 7.33. The van der Waals surface area contributed by atoms with E-state index in [1.54, 1.807) is 13.3 Å². The van der Waals surface area contributed by atoms with Gasteiger partial charge in [-0.15, -0.1) is 0 Å². The number of aromatic nitrogens is 2. The van der Waals surface area contributed by atoms with E-state index in [4.69, 9.17) is 10.5 Å². The summed E-state index contributed by atoms with van der Waals surface area (Å²) in [4.78, 5) is 7.28. The summed E-state index contributed by atoms with van der Waals surface area (Å²) in [5.41, 5.74) is 7.48. The number of nitrogens with zero attached hydrogens (tertiary/aromatic N) is 1. The molecule has 1 aromatic carbocycles. The molecule has 4 nitrogen and oxygen atoms in total. The van der Waals surface area contributed by atoms with E-state index in [-0.39, 0.29) is 0 Å². The molecule has 0 radical (unpaired) electrons. The molecule has 0 fully saturated rings. The zero-order valence-electron chi connectivity index (χ0n) is 8.53. The quantitative estimate of drug-likeness (QED) is 0.795. The summed E-state index contributed by atoms with van der Waals surface area (Å²) < 4.78 is 5.15. The number of ether oxygens (including phenoxy) is 1. The van der Waals surface area contributed by atoms with Crippen molar-refractivity contribution in [3.8, 4) is 17.0 Å². The number of benzene rings is 1. The summed E-state index contributed by atoms with van der Waals surface area (Å²) in [7, 11) is 1.65. The van der Waals surface area contributed by atoms with Crippen molar-refractivity contribution in [3.05, 3.63) is 36.3 Å². The van der Waals surface area contributed by atoms with Crippen molar-refractivity contribution in [1.82, 2.24) is 9.97 Å². The van der Waals surface area contributed by atoms with E-state index in [2.05, 4.69) is 9.97 Å². The molecule has 0 aliphatic carbocycles. The van der Waals surface area contributed by atoms with Crippen LogP contribution in [-0.4, -0.2) is 17.1 Å². The molecule has 0 aliphatic heterocycles. The number of methoxy groups -OCH3 is 1. The smallest absolute Gasteiger partial charge is 0.120 e. The second-order valence-electron chi connectivity index (χ2n) is 3.18. The molecule has 0 amide bonds. The maximum Gasteiger partial charge on any atom is 0.120 e. The van der Waals surface area contributed by atoms with Crippen LogP contribution < -0.4 is 10.5 Å². The van der Waals surface area contributed by atoms with Gasteiger partial charge < -0.3 is 15.5 Å². The molecule has 1 heterocycles. The minimum absolute atomic E-state index is 0.421. The molecule has 4 heteroatoms. The Labute approximate surface area is 88.1 Å². The second kappa shape index (κ2) is 4.14. The van der Waals surface area contributed by atoms with Crippen LogP contribution in [0.5, 0.6) is 5.75 Å². The van der Waals surface area contributed by atoms with Crippen LogP contribution in [0, 0.1) is 0 Å². The van der Waals surface area contributed by atoms with Crippen molar-refractivity contribution < 1.29 is 4.74 Å². The van der Waals surface area contributed by atoms with Crippen LogP contribution >= 0.6 is 0 Å². The lowest BCUT2D eigenvalue weighted by Crippen LogP contribution is -1.97. The average molecular weight is 203 g/mol. The van der Waals surface area contributed by atoms with E-state index in [1.807, 2.05) is 24.3 Å². The topological polar surface area (TPSA) is 63.9 Å². The molecule has 1 aromatic heterocycles. The van der Waals surface area contributed by atoms with Gasteiger partial charge in [0.2, 0.25) is 0 Å². The highest BCUT2D eigenvalue weighted by molar-refractivity contribution is 5.60. The van der Waals surface area contributed by atoms with Crippen LogP contribution in [0.25, 0.3) is 11.3 Å². The van der Waals surface area contributed by atoms with Gasteiger partial charge in [-0.05, 0) is 12.1 Å². The summed E-state index contributed by atoms with van der Waals surface area (Å²) >= 11 is 0. The van der Waals surface area contributed by atoms with Crippen LogP contribution in [0.1, 0.15) is 5.82 Å². The predicted molar refractivity (Wildman–Crippen MR) is 58.5 cm³/mol. The molecule has 0 saturated carbocycles. The standard InChI is InChI=1S/C11H13N3O/c1-15-9-4-2-3-8(5-9)10-7-13-11(6-12)14-10/h2-5,7H,6,12H2,1H3,(H,13,14). The van der Waals surface area contributed by atoms with Crippen molar-refractivity contribution in [3.63, 3.8) is 0 Å². The van der Waals surface area contributed by atoms with Crippen LogP contribution in [0.3, 0.4) is 0 Å². The molecule has 0 atom stereocenters.